The highest BCUT2D eigenvalue weighted by Crippen LogP contribution is 2.25. The minimum atomic E-state index is -3.87. The standard InChI is InChI=1S/C13H13ClN2O2S2/c1-3-8-16-13(19-2)12(9-15)20(17,18)11-6-4-10(14)5-7-11/h3-7,16H,1,8H2,2H3/b13-12-. The summed E-state index contributed by atoms with van der Waals surface area (Å²) in [6.45, 7) is 3.91. The maximum absolute atomic E-state index is 12.4. The highest BCUT2D eigenvalue weighted by Gasteiger charge is 2.24. The predicted octanol–water partition coefficient (Wildman–Crippen LogP) is 2.94. The monoisotopic (exact) mass is 328 g/mol. The van der Waals surface area contributed by atoms with Crippen molar-refractivity contribution >= 4 is 33.2 Å². The van der Waals surface area contributed by atoms with Crippen molar-refractivity contribution < 1.29 is 8.42 Å². The second-order valence-corrected chi connectivity index (χ2v) is 6.74. The van der Waals surface area contributed by atoms with Crippen LogP contribution in [0.3, 0.4) is 0 Å². The molecule has 0 atom stereocenters. The van der Waals surface area contributed by atoms with Crippen LogP contribution in [0.4, 0.5) is 0 Å². The number of thioether (sulfide) groups is 1. The Morgan fingerprint density at radius 2 is 2.10 bits per heavy atom. The van der Waals surface area contributed by atoms with Crippen molar-refractivity contribution in [3.05, 3.63) is 51.9 Å². The summed E-state index contributed by atoms with van der Waals surface area (Å²) in [6.07, 6.45) is 3.28. The second kappa shape index (κ2) is 7.39. The number of benzene rings is 1. The number of nitrogens with zero attached hydrogens (tertiary/aromatic N) is 1. The van der Waals surface area contributed by atoms with Crippen molar-refractivity contribution in [2.24, 2.45) is 0 Å². The summed E-state index contributed by atoms with van der Waals surface area (Å²) >= 11 is 6.89. The zero-order valence-electron chi connectivity index (χ0n) is 10.8. The van der Waals surface area contributed by atoms with Gasteiger partial charge >= 0.3 is 0 Å². The molecule has 7 heteroatoms. The Hall–Kier alpha value is -1.42. The Morgan fingerprint density at radius 3 is 2.55 bits per heavy atom. The molecule has 0 aliphatic heterocycles. The smallest absolute Gasteiger partial charge is 0.219 e. The summed E-state index contributed by atoms with van der Waals surface area (Å²) in [6, 6.07) is 7.45. The lowest BCUT2D eigenvalue weighted by atomic mass is 10.4. The molecule has 0 unspecified atom stereocenters. The molecular formula is C13H13ClN2O2S2. The zero-order valence-corrected chi connectivity index (χ0v) is 13.1. The van der Waals surface area contributed by atoms with E-state index in [1.165, 1.54) is 24.3 Å². The number of allylic oxidation sites excluding steroid dienone is 1. The molecule has 0 spiro atoms. The fourth-order valence-corrected chi connectivity index (χ4v) is 3.70. The molecule has 0 saturated carbocycles. The lowest BCUT2D eigenvalue weighted by molar-refractivity contribution is 0.602. The third kappa shape index (κ3) is 3.79. The molecule has 0 aliphatic carbocycles. The van der Waals surface area contributed by atoms with Crippen LogP contribution in [-0.2, 0) is 9.84 Å². The molecule has 0 radical (unpaired) electrons. The fraction of sp³-hybridized carbons (Fsp3) is 0.154. The van der Waals surface area contributed by atoms with Gasteiger partial charge in [0.1, 0.15) is 6.07 Å². The molecule has 0 aromatic heterocycles. The van der Waals surface area contributed by atoms with Crippen LogP contribution in [0.2, 0.25) is 5.02 Å². The van der Waals surface area contributed by atoms with Crippen LogP contribution in [-0.4, -0.2) is 21.2 Å². The van der Waals surface area contributed by atoms with Gasteiger partial charge in [0, 0.05) is 11.6 Å². The zero-order chi connectivity index (χ0) is 15.2. The maximum atomic E-state index is 12.4. The first-order chi connectivity index (χ1) is 9.47. The van der Waals surface area contributed by atoms with E-state index in [1.54, 1.807) is 18.4 Å². The molecule has 0 amide bonds. The molecule has 0 aliphatic rings. The number of nitrogens with one attached hydrogen (secondary N) is 1. The highest BCUT2D eigenvalue weighted by atomic mass is 35.5. The quantitative estimate of drug-likeness (QED) is 0.642. The van der Waals surface area contributed by atoms with Gasteiger partial charge in [-0.1, -0.05) is 17.7 Å². The van der Waals surface area contributed by atoms with Crippen LogP contribution in [0.15, 0.2) is 51.8 Å². The van der Waals surface area contributed by atoms with Gasteiger partial charge in [-0.15, -0.1) is 18.3 Å². The summed E-state index contributed by atoms with van der Waals surface area (Å²) in [5.41, 5.74) is 0. The van der Waals surface area contributed by atoms with Gasteiger partial charge in [-0.3, -0.25) is 0 Å². The molecule has 20 heavy (non-hydrogen) atoms. The number of hydrogen-bond acceptors (Lipinski definition) is 5. The van der Waals surface area contributed by atoms with Crippen molar-refractivity contribution in [1.29, 1.82) is 5.26 Å². The summed E-state index contributed by atoms with van der Waals surface area (Å²) in [4.78, 5) is -0.278. The highest BCUT2D eigenvalue weighted by molar-refractivity contribution is 8.04. The normalized spacial score (nSPS) is 12.2. The Bertz CT molecular complexity index is 659. The van der Waals surface area contributed by atoms with Crippen molar-refractivity contribution in [2.75, 3.05) is 12.8 Å². The molecule has 106 valence electrons. The van der Waals surface area contributed by atoms with E-state index < -0.39 is 9.84 Å². The molecule has 1 aromatic carbocycles. The van der Waals surface area contributed by atoms with Crippen LogP contribution in [0.1, 0.15) is 0 Å². The van der Waals surface area contributed by atoms with E-state index >= 15 is 0 Å². The average Bonchev–Trinajstić information content (AvgIpc) is 2.43. The van der Waals surface area contributed by atoms with E-state index in [9.17, 15) is 13.7 Å². The SMILES string of the molecule is C=CCN/C(SC)=C(\C#N)S(=O)(=O)c1ccc(Cl)cc1. The van der Waals surface area contributed by atoms with Crippen molar-refractivity contribution in [3.8, 4) is 6.07 Å². The van der Waals surface area contributed by atoms with E-state index in [1.807, 2.05) is 0 Å². The first-order valence-electron chi connectivity index (χ1n) is 5.51. The molecule has 0 bridgehead atoms. The predicted molar refractivity (Wildman–Crippen MR) is 83.0 cm³/mol. The Balaban J connectivity index is 3.35. The molecule has 0 heterocycles. The van der Waals surface area contributed by atoms with Gasteiger partial charge in [-0.2, -0.15) is 5.26 Å². The van der Waals surface area contributed by atoms with Gasteiger partial charge in [0.2, 0.25) is 9.84 Å². The fourth-order valence-electron chi connectivity index (χ4n) is 1.37. The third-order valence-corrected chi connectivity index (χ3v) is 5.18. The van der Waals surface area contributed by atoms with E-state index in [-0.39, 0.29) is 9.80 Å². The van der Waals surface area contributed by atoms with Gasteiger partial charge in [-0.25, -0.2) is 8.42 Å². The second-order valence-electron chi connectivity index (χ2n) is 3.60. The number of nitriles is 1. The molecule has 1 rings (SSSR count). The van der Waals surface area contributed by atoms with E-state index in [0.717, 1.165) is 11.8 Å². The lowest BCUT2D eigenvalue weighted by Gasteiger charge is -2.10. The van der Waals surface area contributed by atoms with Crippen LogP contribution in [0.5, 0.6) is 0 Å². The van der Waals surface area contributed by atoms with Gasteiger partial charge in [0.15, 0.2) is 4.91 Å². The molecular weight excluding hydrogens is 316 g/mol. The minimum absolute atomic E-state index is 0.0328. The van der Waals surface area contributed by atoms with Crippen molar-refractivity contribution in [1.82, 2.24) is 5.32 Å². The first kappa shape index (κ1) is 16.6. The third-order valence-electron chi connectivity index (χ3n) is 2.31. The molecule has 4 nitrogen and oxygen atoms in total. The molecule has 1 aromatic rings. The van der Waals surface area contributed by atoms with Crippen LogP contribution in [0.25, 0.3) is 0 Å². The Kier molecular flexibility index (Phi) is 6.14. The lowest BCUT2D eigenvalue weighted by Crippen LogP contribution is -2.16. The van der Waals surface area contributed by atoms with Gasteiger partial charge in [-0.05, 0) is 30.5 Å². The first-order valence-corrected chi connectivity index (χ1v) is 8.59. The van der Waals surface area contributed by atoms with Crippen LogP contribution in [0, 0.1) is 11.3 Å². The molecule has 1 N–H and O–H groups in total. The number of sulfone groups is 1. The van der Waals surface area contributed by atoms with E-state index in [0.29, 0.717) is 16.6 Å². The Morgan fingerprint density at radius 1 is 1.50 bits per heavy atom. The van der Waals surface area contributed by atoms with Gasteiger partial charge < -0.3 is 5.32 Å². The topological polar surface area (TPSA) is 70.0 Å². The number of hydrogen-bond donors (Lipinski definition) is 1. The van der Waals surface area contributed by atoms with Gasteiger partial charge in [0.05, 0.1) is 9.92 Å². The maximum Gasteiger partial charge on any atom is 0.219 e. The number of halogens is 1. The van der Waals surface area contributed by atoms with E-state index in [4.69, 9.17) is 11.6 Å². The summed E-state index contributed by atoms with van der Waals surface area (Å²) < 4.78 is 24.9. The molecule has 0 fully saturated rings. The van der Waals surface area contributed by atoms with E-state index in [2.05, 4.69) is 11.9 Å². The average molecular weight is 329 g/mol. The minimum Gasteiger partial charge on any atom is -0.375 e. The summed E-state index contributed by atoms with van der Waals surface area (Å²) in [7, 11) is -3.87. The van der Waals surface area contributed by atoms with Crippen molar-refractivity contribution in [2.45, 2.75) is 4.90 Å². The summed E-state index contributed by atoms with van der Waals surface area (Å²) in [5.74, 6) is 0. The molecule has 0 saturated heterocycles. The van der Waals surface area contributed by atoms with Crippen LogP contribution < -0.4 is 5.32 Å². The van der Waals surface area contributed by atoms with Crippen molar-refractivity contribution in [3.63, 3.8) is 0 Å². The Labute approximate surface area is 128 Å². The summed E-state index contributed by atoms with van der Waals surface area (Å²) in [5, 5.41) is 12.8. The number of rotatable bonds is 6. The largest absolute Gasteiger partial charge is 0.375 e. The van der Waals surface area contributed by atoms with Gasteiger partial charge in [0.25, 0.3) is 0 Å². The van der Waals surface area contributed by atoms with Crippen LogP contribution >= 0.6 is 23.4 Å².